The standard InChI is InChI=1S/C21H25FN6O3/c1-14-15(20(30)27-21(26-14)28-9-11-31-12-10-28)5-6-19(29)25-8-7-24-18-4-2-3-17(22)16(18)13-23/h2-4,24H,5-12H2,1H3,(H,25,29)(H,26,27,30). The fourth-order valence-corrected chi connectivity index (χ4v) is 3.33. The van der Waals surface area contributed by atoms with E-state index in [2.05, 4.69) is 20.6 Å². The maximum Gasteiger partial charge on any atom is 0.255 e. The third-order valence-electron chi connectivity index (χ3n) is 5.01. The van der Waals surface area contributed by atoms with Crippen molar-refractivity contribution in [2.24, 2.45) is 0 Å². The number of hydrogen-bond donors (Lipinski definition) is 3. The van der Waals surface area contributed by atoms with E-state index in [-0.39, 0.29) is 29.9 Å². The Labute approximate surface area is 179 Å². The Morgan fingerprint density at radius 2 is 2.13 bits per heavy atom. The van der Waals surface area contributed by atoms with Crippen molar-refractivity contribution in [2.75, 3.05) is 49.6 Å². The maximum absolute atomic E-state index is 13.6. The third kappa shape index (κ3) is 5.79. The average Bonchev–Trinajstić information content (AvgIpc) is 2.76. The largest absolute Gasteiger partial charge is 0.382 e. The first-order valence-electron chi connectivity index (χ1n) is 10.1. The van der Waals surface area contributed by atoms with E-state index in [0.717, 1.165) is 0 Å². The molecular weight excluding hydrogens is 403 g/mol. The molecule has 0 radical (unpaired) electrons. The molecule has 10 heteroatoms. The fourth-order valence-electron chi connectivity index (χ4n) is 3.33. The molecule has 1 fully saturated rings. The summed E-state index contributed by atoms with van der Waals surface area (Å²) in [5, 5.41) is 14.7. The first-order valence-corrected chi connectivity index (χ1v) is 10.1. The Balaban J connectivity index is 1.47. The Morgan fingerprint density at radius 3 is 2.84 bits per heavy atom. The molecule has 0 bridgehead atoms. The number of hydrogen-bond acceptors (Lipinski definition) is 7. The highest BCUT2D eigenvalue weighted by Crippen LogP contribution is 2.17. The van der Waals surface area contributed by atoms with Crippen molar-refractivity contribution in [1.82, 2.24) is 15.3 Å². The molecule has 1 aliphatic rings. The summed E-state index contributed by atoms with van der Waals surface area (Å²) in [6, 6.07) is 6.15. The predicted molar refractivity (Wildman–Crippen MR) is 114 cm³/mol. The van der Waals surface area contributed by atoms with Crippen molar-refractivity contribution >= 4 is 17.5 Å². The van der Waals surface area contributed by atoms with Crippen LogP contribution in [0.3, 0.4) is 0 Å². The normalized spacial score (nSPS) is 13.5. The summed E-state index contributed by atoms with van der Waals surface area (Å²) in [6.45, 7) is 4.92. The summed E-state index contributed by atoms with van der Waals surface area (Å²) in [7, 11) is 0. The van der Waals surface area contributed by atoms with Crippen LogP contribution in [0.1, 0.15) is 23.2 Å². The number of nitrogens with zero attached hydrogens (tertiary/aromatic N) is 3. The molecule has 0 unspecified atom stereocenters. The van der Waals surface area contributed by atoms with Gasteiger partial charge in [0.05, 0.1) is 18.9 Å². The van der Waals surface area contributed by atoms with Crippen LogP contribution >= 0.6 is 0 Å². The van der Waals surface area contributed by atoms with Crippen LogP contribution in [-0.2, 0) is 16.0 Å². The van der Waals surface area contributed by atoms with E-state index in [9.17, 15) is 14.0 Å². The molecule has 0 atom stereocenters. The number of nitrogens with one attached hydrogen (secondary N) is 3. The minimum absolute atomic E-state index is 0.0587. The second-order valence-corrected chi connectivity index (χ2v) is 7.10. The van der Waals surface area contributed by atoms with Crippen molar-refractivity contribution < 1.29 is 13.9 Å². The Bertz CT molecular complexity index is 1030. The summed E-state index contributed by atoms with van der Waals surface area (Å²) >= 11 is 0. The first-order chi connectivity index (χ1) is 15.0. The quantitative estimate of drug-likeness (QED) is 0.538. The van der Waals surface area contributed by atoms with Gasteiger partial charge >= 0.3 is 0 Å². The van der Waals surface area contributed by atoms with Crippen LogP contribution in [0.25, 0.3) is 0 Å². The second kappa shape index (κ2) is 10.5. The number of aromatic amines is 1. The highest BCUT2D eigenvalue weighted by atomic mass is 19.1. The Morgan fingerprint density at radius 1 is 1.35 bits per heavy atom. The number of morpholine rings is 1. The van der Waals surface area contributed by atoms with Crippen LogP contribution < -0.4 is 21.1 Å². The van der Waals surface area contributed by atoms with Gasteiger partial charge in [-0.25, -0.2) is 9.37 Å². The van der Waals surface area contributed by atoms with Crippen LogP contribution in [0, 0.1) is 24.1 Å². The third-order valence-corrected chi connectivity index (χ3v) is 5.01. The average molecular weight is 428 g/mol. The minimum Gasteiger partial charge on any atom is -0.382 e. The Hall–Kier alpha value is -3.45. The molecule has 0 spiro atoms. The van der Waals surface area contributed by atoms with Crippen LogP contribution in [0.15, 0.2) is 23.0 Å². The number of aryl methyl sites for hydroxylation is 1. The fraction of sp³-hybridized carbons (Fsp3) is 0.429. The maximum atomic E-state index is 13.6. The molecule has 1 aromatic carbocycles. The first kappa shape index (κ1) is 22.2. The molecule has 1 amide bonds. The number of H-pyrrole nitrogens is 1. The summed E-state index contributed by atoms with van der Waals surface area (Å²) in [6.07, 6.45) is 0.422. The summed E-state index contributed by atoms with van der Waals surface area (Å²) < 4.78 is 18.9. The number of rotatable bonds is 8. The van der Waals surface area contributed by atoms with Gasteiger partial charge in [0.25, 0.3) is 5.56 Å². The molecule has 2 aromatic rings. The van der Waals surface area contributed by atoms with Crippen molar-refractivity contribution in [3.63, 3.8) is 0 Å². The van der Waals surface area contributed by atoms with Gasteiger partial charge in [-0.3, -0.25) is 14.6 Å². The molecule has 0 aliphatic carbocycles. The van der Waals surface area contributed by atoms with Crippen LogP contribution in [0.2, 0.25) is 0 Å². The molecule has 3 rings (SSSR count). The zero-order valence-corrected chi connectivity index (χ0v) is 17.3. The van der Waals surface area contributed by atoms with Crippen molar-refractivity contribution in [3.05, 3.63) is 51.2 Å². The Kier molecular flexibility index (Phi) is 7.56. The van der Waals surface area contributed by atoms with E-state index in [1.165, 1.54) is 12.1 Å². The molecule has 1 saturated heterocycles. The smallest absolute Gasteiger partial charge is 0.255 e. The number of anilines is 2. The van der Waals surface area contributed by atoms with Gasteiger partial charge in [0.1, 0.15) is 17.4 Å². The zero-order chi connectivity index (χ0) is 22.2. The minimum atomic E-state index is -0.592. The van der Waals surface area contributed by atoms with Gasteiger partial charge in [0.15, 0.2) is 0 Å². The predicted octanol–water partition coefficient (Wildman–Crippen LogP) is 1.09. The molecule has 9 nitrogen and oxygen atoms in total. The molecule has 31 heavy (non-hydrogen) atoms. The van der Waals surface area contributed by atoms with E-state index < -0.39 is 5.82 Å². The van der Waals surface area contributed by atoms with E-state index in [1.54, 1.807) is 13.0 Å². The number of benzene rings is 1. The number of ether oxygens (including phenoxy) is 1. The number of carbonyl (C=O) groups excluding carboxylic acids is 1. The number of amides is 1. The van der Waals surface area contributed by atoms with Gasteiger partial charge in [0, 0.05) is 43.9 Å². The van der Waals surface area contributed by atoms with E-state index in [4.69, 9.17) is 10.00 Å². The van der Waals surface area contributed by atoms with Crippen LogP contribution in [0.5, 0.6) is 0 Å². The molecule has 164 valence electrons. The van der Waals surface area contributed by atoms with Gasteiger partial charge < -0.3 is 20.3 Å². The monoisotopic (exact) mass is 428 g/mol. The lowest BCUT2D eigenvalue weighted by molar-refractivity contribution is -0.120. The molecule has 1 aromatic heterocycles. The van der Waals surface area contributed by atoms with Gasteiger partial charge in [-0.15, -0.1) is 0 Å². The topological polar surface area (TPSA) is 123 Å². The van der Waals surface area contributed by atoms with Gasteiger partial charge in [0.2, 0.25) is 11.9 Å². The molecule has 2 heterocycles. The molecule has 1 aliphatic heterocycles. The number of carbonyl (C=O) groups is 1. The van der Waals surface area contributed by atoms with Crippen molar-refractivity contribution in [3.8, 4) is 6.07 Å². The number of halogens is 1. The number of aromatic nitrogens is 2. The lowest BCUT2D eigenvalue weighted by Gasteiger charge is -2.27. The molecular formula is C21H25FN6O3. The lowest BCUT2D eigenvalue weighted by Crippen LogP contribution is -2.38. The number of nitriles is 1. The molecule has 0 saturated carbocycles. The SMILES string of the molecule is Cc1nc(N2CCOCC2)[nH]c(=O)c1CCC(=O)NCCNc1cccc(F)c1C#N. The lowest BCUT2D eigenvalue weighted by atomic mass is 10.1. The summed E-state index contributed by atoms with van der Waals surface area (Å²) in [5.41, 5.74) is 1.18. The van der Waals surface area contributed by atoms with Crippen LogP contribution in [0.4, 0.5) is 16.0 Å². The van der Waals surface area contributed by atoms with E-state index in [1.807, 2.05) is 11.0 Å². The van der Waals surface area contributed by atoms with Crippen molar-refractivity contribution in [1.29, 1.82) is 5.26 Å². The van der Waals surface area contributed by atoms with Crippen LogP contribution in [-0.4, -0.2) is 55.3 Å². The highest BCUT2D eigenvalue weighted by molar-refractivity contribution is 5.76. The molecule has 3 N–H and O–H groups in total. The van der Waals surface area contributed by atoms with Gasteiger partial charge in [-0.05, 0) is 25.5 Å². The highest BCUT2D eigenvalue weighted by Gasteiger charge is 2.16. The van der Waals surface area contributed by atoms with Crippen molar-refractivity contribution in [2.45, 2.75) is 19.8 Å². The van der Waals surface area contributed by atoms with Gasteiger partial charge in [-0.1, -0.05) is 6.07 Å². The zero-order valence-electron chi connectivity index (χ0n) is 17.3. The second-order valence-electron chi connectivity index (χ2n) is 7.10. The summed E-state index contributed by atoms with van der Waals surface area (Å²) in [4.78, 5) is 33.9. The van der Waals surface area contributed by atoms with E-state index in [0.29, 0.717) is 62.3 Å². The van der Waals surface area contributed by atoms with E-state index >= 15 is 0 Å². The summed E-state index contributed by atoms with van der Waals surface area (Å²) in [5.74, 6) is -0.276. The van der Waals surface area contributed by atoms with Gasteiger partial charge in [-0.2, -0.15) is 5.26 Å².